The van der Waals surface area contributed by atoms with Crippen molar-refractivity contribution in [3.8, 4) is 0 Å². The molecule has 0 aromatic carbocycles. The molecule has 5 N–H and O–H groups in total. The van der Waals surface area contributed by atoms with Crippen LogP contribution in [0.3, 0.4) is 0 Å². The summed E-state index contributed by atoms with van der Waals surface area (Å²) in [5.74, 6) is 0.357. The molecule has 1 heterocycles. The van der Waals surface area contributed by atoms with Gasteiger partial charge in [-0.2, -0.15) is 4.98 Å². The van der Waals surface area contributed by atoms with Crippen molar-refractivity contribution in [2.75, 3.05) is 17.7 Å². The van der Waals surface area contributed by atoms with Crippen molar-refractivity contribution >= 4 is 17.7 Å². The van der Waals surface area contributed by atoms with Crippen LogP contribution in [0, 0.1) is 0 Å². The average molecular weight is 377 g/mol. The van der Waals surface area contributed by atoms with Crippen LogP contribution in [0.5, 0.6) is 0 Å². The fraction of sp³-hybridized carbons (Fsp3) is 0.737. The van der Waals surface area contributed by atoms with Gasteiger partial charge in [0, 0.05) is 24.9 Å². The van der Waals surface area contributed by atoms with E-state index in [0.717, 1.165) is 44.9 Å². The summed E-state index contributed by atoms with van der Waals surface area (Å²) in [5.41, 5.74) is 5.45. The normalized spacial score (nSPS) is 31.3. The smallest absolute Gasteiger partial charge is 0.254 e. The highest BCUT2D eigenvalue weighted by atomic mass is 16.5. The summed E-state index contributed by atoms with van der Waals surface area (Å²) >= 11 is 0. The first kappa shape index (κ1) is 19.8. The van der Waals surface area contributed by atoms with Gasteiger partial charge in [0.1, 0.15) is 5.82 Å². The third kappa shape index (κ3) is 5.07. The van der Waals surface area contributed by atoms with Gasteiger partial charge in [-0.1, -0.05) is 0 Å². The quantitative estimate of drug-likeness (QED) is 0.598. The lowest BCUT2D eigenvalue weighted by Gasteiger charge is -2.37. The molecule has 1 aromatic rings. The summed E-state index contributed by atoms with van der Waals surface area (Å²) in [5, 5.41) is 16.8. The molecule has 2 fully saturated rings. The number of methoxy groups -OCH3 is 1. The van der Waals surface area contributed by atoms with Gasteiger partial charge < -0.3 is 26.2 Å². The number of aliphatic hydroxyl groups is 1. The average Bonchev–Trinajstić information content (AvgIpc) is 2.61. The largest absolute Gasteiger partial charge is 0.393 e. The van der Waals surface area contributed by atoms with Crippen molar-refractivity contribution in [3.63, 3.8) is 0 Å². The molecule has 0 radical (unpaired) electrons. The highest BCUT2D eigenvalue weighted by Gasteiger charge is 2.33. The lowest BCUT2D eigenvalue weighted by Crippen LogP contribution is -2.42. The number of ether oxygens (including phenoxy) is 1. The Balaban J connectivity index is 1.74. The van der Waals surface area contributed by atoms with Gasteiger partial charge in [0.15, 0.2) is 0 Å². The number of primary amides is 1. The van der Waals surface area contributed by atoms with Crippen LogP contribution in [0.4, 0.5) is 11.8 Å². The van der Waals surface area contributed by atoms with E-state index in [1.165, 1.54) is 6.20 Å². The van der Waals surface area contributed by atoms with E-state index in [0.29, 0.717) is 24.3 Å². The first-order valence-electron chi connectivity index (χ1n) is 9.81. The Labute approximate surface area is 160 Å². The zero-order valence-corrected chi connectivity index (χ0v) is 16.2. The zero-order valence-electron chi connectivity index (χ0n) is 16.2. The molecule has 0 aliphatic heterocycles. The van der Waals surface area contributed by atoms with Gasteiger partial charge >= 0.3 is 0 Å². The summed E-state index contributed by atoms with van der Waals surface area (Å²) < 4.78 is 5.41. The topological polar surface area (TPSA) is 122 Å². The molecule has 3 rings (SSSR count). The number of carbonyl (C=O) groups excluding carboxylic acids is 1. The number of nitrogens with zero attached hydrogens (tertiary/aromatic N) is 2. The van der Waals surface area contributed by atoms with Crippen LogP contribution in [0.15, 0.2) is 6.20 Å². The molecular weight excluding hydrogens is 346 g/mol. The van der Waals surface area contributed by atoms with E-state index in [1.54, 1.807) is 7.11 Å². The van der Waals surface area contributed by atoms with E-state index in [4.69, 9.17) is 10.5 Å². The Morgan fingerprint density at radius 2 is 2.07 bits per heavy atom. The van der Waals surface area contributed by atoms with E-state index in [2.05, 4.69) is 20.6 Å². The van der Waals surface area contributed by atoms with Crippen molar-refractivity contribution in [1.29, 1.82) is 0 Å². The van der Waals surface area contributed by atoms with Gasteiger partial charge in [0.05, 0.1) is 17.8 Å². The number of carbonyl (C=O) groups is 1. The second-order valence-electron chi connectivity index (χ2n) is 8.11. The van der Waals surface area contributed by atoms with Crippen molar-refractivity contribution in [3.05, 3.63) is 11.8 Å². The van der Waals surface area contributed by atoms with E-state index in [1.807, 2.05) is 6.92 Å². The van der Waals surface area contributed by atoms with Crippen LogP contribution in [-0.4, -0.2) is 51.9 Å². The number of rotatable bonds is 6. The van der Waals surface area contributed by atoms with Gasteiger partial charge in [-0.25, -0.2) is 4.98 Å². The zero-order chi connectivity index (χ0) is 19.4. The van der Waals surface area contributed by atoms with Crippen molar-refractivity contribution in [2.45, 2.75) is 82.1 Å². The summed E-state index contributed by atoms with van der Waals surface area (Å²) in [7, 11) is 1.75. The van der Waals surface area contributed by atoms with Crippen molar-refractivity contribution < 1.29 is 14.6 Å². The Bertz CT molecular complexity index is 663. The third-order valence-electron chi connectivity index (χ3n) is 5.77. The van der Waals surface area contributed by atoms with Gasteiger partial charge in [-0.05, 0) is 58.3 Å². The summed E-state index contributed by atoms with van der Waals surface area (Å²) in [4.78, 5) is 20.6. The first-order chi connectivity index (χ1) is 12.9. The fourth-order valence-corrected chi connectivity index (χ4v) is 4.20. The molecule has 8 nitrogen and oxygen atoms in total. The molecule has 1 aromatic heterocycles. The lowest BCUT2D eigenvalue weighted by atomic mass is 9.81. The SMILES string of the molecule is CO[C@H]1CC[C@H](Nc2ncc(C(N)=O)c(N[C@]3(C)CCCC(O)C3)n2)CC1. The molecule has 8 heteroatoms. The number of aliphatic hydroxyl groups excluding tert-OH is 1. The van der Waals surface area contributed by atoms with Crippen LogP contribution in [-0.2, 0) is 4.74 Å². The molecule has 2 aliphatic rings. The maximum atomic E-state index is 11.8. The first-order valence-corrected chi connectivity index (χ1v) is 9.81. The predicted molar refractivity (Wildman–Crippen MR) is 104 cm³/mol. The minimum Gasteiger partial charge on any atom is -0.393 e. The van der Waals surface area contributed by atoms with Gasteiger partial charge in [-0.15, -0.1) is 0 Å². The Morgan fingerprint density at radius 3 is 2.70 bits per heavy atom. The number of amides is 1. The second kappa shape index (κ2) is 8.39. The molecule has 2 aliphatic carbocycles. The van der Waals surface area contributed by atoms with E-state index in [-0.39, 0.29) is 23.2 Å². The molecule has 27 heavy (non-hydrogen) atoms. The fourth-order valence-electron chi connectivity index (χ4n) is 4.20. The molecule has 2 atom stereocenters. The predicted octanol–water partition coefficient (Wildman–Crippen LogP) is 2.05. The highest BCUT2D eigenvalue weighted by molar-refractivity contribution is 5.97. The van der Waals surface area contributed by atoms with Crippen molar-refractivity contribution in [2.24, 2.45) is 5.73 Å². The van der Waals surface area contributed by atoms with Crippen LogP contribution in [0.1, 0.15) is 68.6 Å². The van der Waals surface area contributed by atoms with Gasteiger partial charge in [0.25, 0.3) is 5.91 Å². The Morgan fingerprint density at radius 1 is 1.33 bits per heavy atom. The van der Waals surface area contributed by atoms with Crippen LogP contribution in [0.25, 0.3) is 0 Å². The summed E-state index contributed by atoms with van der Waals surface area (Å²) in [6, 6.07) is 0.288. The molecule has 2 saturated carbocycles. The number of hydrogen-bond acceptors (Lipinski definition) is 7. The van der Waals surface area contributed by atoms with Gasteiger partial charge in [0.2, 0.25) is 5.95 Å². The monoisotopic (exact) mass is 377 g/mol. The third-order valence-corrected chi connectivity index (χ3v) is 5.77. The number of anilines is 2. The molecule has 1 amide bonds. The van der Waals surface area contributed by atoms with E-state index < -0.39 is 5.91 Å². The Kier molecular flexibility index (Phi) is 6.16. The summed E-state index contributed by atoms with van der Waals surface area (Å²) in [6.45, 7) is 2.04. The minimum absolute atomic E-state index is 0.268. The van der Waals surface area contributed by atoms with Crippen LogP contribution < -0.4 is 16.4 Å². The number of aromatic nitrogens is 2. The maximum Gasteiger partial charge on any atom is 0.254 e. The maximum absolute atomic E-state index is 11.8. The molecule has 1 unspecified atom stereocenters. The molecule has 0 bridgehead atoms. The molecule has 150 valence electrons. The second-order valence-corrected chi connectivity index (χ2v) is 8.11. The lowest BCUT2D eigenvalue weighted by molar-refractivity contribution is 0.0681. The van der Waals surface area contributed by atoms with Gasteiger partial charge in [-0.3, -0.25) is 4.79 Å². The highest BCUT2D eigenvalue weighted by Crippen LogP contribution is 2.32. The Hall–Kier alpha value is -1.93. The minimum atomic E-state index is -0.565. The molecule has 0 saturated heterocycles. The van der Waals surface area contributed by atoms with E-state index >= 15 is 0 Å². The molecular formula is C19H31N5O3. The van der Waals surface area contributed by atoms with Crippen LogP contribution >= 0.6 is 0 Å². The number of nitrogens with two attached hydrogens (primary N) is 1. The van der Waals surface area contributed by atoms with E-state index in [9.17, 15) is 9.90 Å². The molecule has 0 spiro atoms. The number of hydrogen-bond donors (Lipinski definition) is 4. The summed E-state index contributed by atoms with van der Waals surface area (Å²) in [6.07, 6.45) is 8.70. The number of nitrogens with one attached hydrogen (secondary N) is 2. The van der Waals surface area contributed by atoms with Crippen LogP contribution in [0.2, 0.25) is 0 Å². The standard InChI is InChI=1S/C19H31N5O3/c1-19(9-3-4-13(25)10-19)24-17-15(16(20)26)11-21-18(23-17)22-12-5-7-14(27-2)8-6-12/h11-14,25H,3-10H2,1-2H3,(H2,20,26)(H2,21,22,23,24)/t12-,13?,14-,19-/m1/s1. The van der Waals surface area contributed by atoms with Crippen molar-refractivity contribution in [1.82, 2.24) is 9.97 Å².